The highest BCUT2D eigenvalue weighted by atomic mass is 32.2. The first-order valence-corrected chi connectivity index (χ1v) is 6.40. The molecule has 0 bridgehead atoms. The van der Waals surface area contributed by atoms with Gasteiger partial charge in [-0.1, -0.05) is 0 Å². The Labute approximate surface area is 78.6 Å². The second-order valence-electron chi connectivity index (χ2n) is 3.06. The van der Waals surface area contributed by atoms with Gasteiger partial charge >= 0.3 is 7.60 Å². The van der Waals surface area contributed by atoms with Crippen molar-refractivity contribution in [2.75, 3.05) is 5.75 Å². The van der Waals surface area contributed by atoms with Gasteiger partial charge in [0.1, 0.15) is 17.2 Å². The molecule has 0 aromatic heterocycles. The molecule has 0 spiro atoms. The lowest BCUT2D eigenvalue weighted by molar-refractivity contribution is -0.144. The van der Waals surface area contributed by atoms with E-state index in [2.05, 4.69) is 0 Å². The maximum Gasteiger partial charge on any atom is 0.348 e. The molecule has 2 saturated heterocycles. The van der Waals surface area contributed by atoms with Gasteiger partial charge in [-0.2, -0.15) is 0 Å². The Kier molecular flexibility index (Phi) is 1.98. The highest BCUT2D eigenvalue weighted by molar-refractivity contribution is 8.00. The normalized spacial score (nSPS) is 38.8. The molecule has 3 unspecified atom stereocenters. The molecular formula is C5H9N2O4PS. The van der Waals surface area contributed by atoms with Gasteiger partial charge in [-0.3, -0.25) is 9.36 Å². The van der Waals surface area contributed by atoms with Gasteiger partial charge in [0.15, 0.2) is 0 Å². The standard InChI is InChI=1S/C5H9N2O4PS/c6-3-4(8)7-2(12(9,10)11)1-13-5(3)7/h2-3,5H,1,6H2,(H2,9,10,11). The summed E-state index contributed by atoms with van der Waals surface area (Å²) in [4.78, 5) is 30.2. The first-order valence-electron chi connectivity index (χ1n) is 3.67. The maximum absolute atomic E-state index is 11.1. The molecule has 74 valence electrons. The van der Waals surface area contributed by atoms with Crippen LogP contribution in [0.3, 0.4) is 0 Å². The van der Waals surface area contributed by atoms with Crippen LogP contribution in [0.1, 0.15) is 0 Å². The van der Waals surface area contributed by atoms with E-state index in [4.69, 9.17) is 15.5 Å². The Balaban J connectivity index is 2.20. The molecular weight excluding hydrogens is 215 g/mol. The fourth-order valence-corrected chi connectivity index (χ4v) is 4.51. The number of β-lactam (4-membered cyclic amide) rings is 1. The van der Waals surface area contributed by atoms with Crippen molar-refractivity contribution in [2.45, 2.75) is 17.2 Å². The number of amides is 1. The smallest absolute Gasteiger partial charge is 0.323 e. The van der Waals surface area contributed by atoms with Crippen LogP contribution in [0.15, 0.2) is 0 Å². The summed E-state index contributed by atoms with van der Waals surface area (Å²) in [6, 6.07) is -0.582. The average molecular weight is 224 g/mol. The second-order valence-corrected chi connectivity index (χ2v) is 5.99. The molecule has 2 aliphatic rings. The molecule has 2 fully saturated rings. The molecule has 13 heavy (non-hydrogen) atoms. The molecule has 4 N–H and O–H groups in total. The van der Waals surface area contributed by atoms with Crippen molar-refractivity contribution in [3.05, 3.63) is 0 Å². The molecule has 0 aromatic rings. The molecule has 6 nitrogen and oxygen atoms in total. The largest absolute Gasteiger partial charge is 0.348 e. The van der Waals surface area contributed by atoms with E-state index in [0.29, 0.717) is 0 Å². The minimum atomic E-state index is -4.19. The number of carbonyl (C=O) groups excluding carboxylic acids is 1. The average Bonchev–Trinajstić information content (AvgIpc) is 2.42. The summed E-state index contributed by atoms with van der Waals surface area (Å²) < 4.78 is 10.9. The van der Waals surface area contributed by atoms with Crippen LogP contribution >= 0.6 is 19.4 Å². The van der Waals surface area contributed by atoms with Gasteiger partial charge in [0, 0.05) is 5.75 Å². The Morgan fingerprint density at radius 1 is 1.62 bits per heavy atom. The predicted molar refractivity (Wildman–Crippen MR) is 46.9 cm³/mol. The minimum Gasteiger partial charge on any atom is -0.323 e. The number of hydrogen-bond donors (Lipinski definition) is 3. The number of carbonyl (C=O) groups is 1. The van der Waals surface area contributed by atoms with Crippen LogP contribution < -0.4 is 5.73 Å². The summed E-state index contributed by atoms with van der Waals surface area (Å²) in [5, 5.41) is -0.231. The van der Waals surface area contributed by atoms with E-state index in [0.717, 1.165) is 0 Å². The van der Waals surface area contributed by atoms with Crippen molar-refractivity contribution in [1.82, 2.24) is 4.90 Å². The fraction of sp³-hybridized carbons (Fsp3) is 0.800. The van der Waals surface area contributed by atoms with E-state index >= 15 is 0 Å². The summed E-state index contributed by atoms with van der Waals surface area (Å²) in [5.74, 6) is -1.05. The molecule has 0 aromatic carbocycles. The molecule has 0 saturated carbocycles. The second kappa shape index (κ2) is 2.71. The van der Waals surface area contributed by atoms with Gasteiger partial charge in [0.05, 0.1) is 0 Å². The third-order valence-electron chi connectivity index (χ3n) is 2.25. The van der Waals surface area contributed by atoms with E-state index in [9.17, 15) is 9.36 Å². The topological polar surface area (TPSA) is 104 Å². The lowest BCUT2D eigenvalue weighted by Gasteiger charge is -2.42. The summed E-state index contributed by atoms with van der Waals surface area (Å²) in [6.07, 6.45) is 0. The monoisotopic (exact) mass is 224 g/mol. The Morgan fingerprint density at radius 2 is 2.23 bits per heavy atom. The molecule has 3 atom stereocenters. The summed E-state index contributed by atoms with van der Waals surface area (Å²) in [5.41, 5.74) is 5.45. The lowest BCUT2D eigenvalue weighted by atomic mass is 10.1. The Morgan fingerprint density at radius 3 is 2.77 bits per heavy atom. The third kappa shape index (κ3) is 1.23. The van der Waals surface area contributed by atoms with Gasteiger partial charge < -0.3 is 20.4 Å². The summed E-state index contributed by atoms with van der Waals surface area (Å²) in [7, 11) is -4.19. The van der Waals surface area contributed by atoms with Crippen LogP contribution in [0.4, 0.5) is 0 Å². The number of thioether (sulfide) groups is 1. The number of nitrogens with zero attached hydrogens (tertiary/aromatic N) is 1. The fourth-order valence-electron chi connectivity index (χ4n) is 1.53. The quantitative estimate of drug-likeness (QED) is 0.379. The lowest BCUT2D eigenvalue weighted by Crippen LogP contribution is -2.66. The molecule has 2 aliphatic heterocycles. The molecule has 0 radical (unpaired) electrons. The van der Waals surface area contributed by atoms with E-state index in [-0.39, 0.29) is 17.0 Å². The van der Waals surface area contributed by atoms with Crippen LogP contribution in [0.2, 0.25) is 0 Å². The van der Waals surface area contributed by atoms with Crippen LogP contribution in [-0.2, 0) is 9.36 Å². The Bertz CT molecular complexity index is 305. The third-order valence-corrected chi connectivity index (χ3v) is 5.07. The maximum atomic E-state index is 11.1. The highest BCUT2D eigenvalue weighted by Gasteiger charge is 2.57. The summed E-state index contributed by atoms with van der Waals surface area (Å²) in [6.45, 7) is 0. The van der Waals surface area contributed by atoms with Gasteiger partial charge in [0.25, 0.3) is 0 Å². The molecule has 1 amide bonds. The predicted octanol–water partition coefficient (Wildman–Crippen LogP) is -1.27. The zero-order valence-electron chi connectivity index (χ0n) is 6.53. The molecule has 8 heteroatoms. The number of fused-ring (bicyclic) bond motifs is 1. The van der Waals surface area contributed by atoms with E-state index in [1.54, 1.807) is 0 Å². The van der Waals surface area contributed by atoms with Gasteiger partial charge in [-0.05, 0) is 0 Å². The van der Waals surface area contributed by atoms with Crippen molar-refractivity contribution in [3.63, 3.8) is 0 Å². The van der Waals surface area contributed by atoms with Gasteiger partial charge in [-0.25, -0.2) is 0 Å². The first kappa shape index (κ1) is 9.48. The molecule has 2 rings (SSSR count). The van der Waals surface area contributed by atoms with Crippen LogP contribution in [0.25, 0.3) is 0 Å². The van der Waals surface area contributed by atoms with Crippen LogP contribution in [-0.4, -0.2) is 43.5 Å². The van der Waals surface area contributed by atoms with E-state index < -0.39 is 19.4 Å². The number of hydrogen-bond acceptors (Lipinski definition) is 4. The zero-order chi connectivity index (χ0) is 9.80. The van der Waals surface area contributed by atoms with Crippen molar-refractivity contribution in [3.8, 4) is 0 Å². The van der Waals surface area contributed by atoms with Crippen molar-refractivity contribution < 1.29 is 19.1 Å². The SMILES string of the molecule is NC1C(=O)N2C1SCC2P(=O)(O)O. The van der Waals surface area contributed by atoms with Crippen LogP contribution in [0, 0.1) is 0 Å². The summed E-state index contributed by atoms with van der Waals surface area (Å²) >= 11 is 1.33. The van der Waals surface area contributed by atoms with Crippen LogP contribution in [0.5, 0.6) is 0 Å². The number of rotatable bonds is 1. The first-order chi connectivity index (χ1) is 5.93. The minimum absolute atomic E-state index is 0.231. The number of nitrogens with two attached hydrogens (primary N) is 1. The van der Waals surface area contributed by atoms with E-state index in [1.165, 1.54) is 16.7 Å². The van der Waals surface area contributed by atoms with Crippen molar-refractivity contribution >= 4 is 25.3 Å². The molecule has 0 aliphatic carbocycles. The van der Waals surface area contributed by atoms with Gasteiger partial charge in [0.2, 0.25) is 5.91 Å². The van der Waals surface area contributed by atoms with Gasteiger partial charge in [-0.15, -0.1) is 11.8 Å². The van der Waals surface area contributed by atoms with Crippen molar-refractivity contribution in [1.29, 1.82) is 0 Å². The zero-order valence-corrected chi connectivity index (χ0v) is 8.24. The van der Waals surface area contributed by atoms with Crippen molar-refractivity contribution in [2.24, 2.45) is 5.73 Å². The highest BCUT2D eigenvalue weighted by Crippen LogP contribution is 2.53. The molecule has 2 heterocycles. The van der Waals surface area contributed by atoms with E-state index in [1.807, 2.05) is 0 Å². The Hall–Kier alpha value is -0.0700.